The molecule has 22 heavy (non-hydrogen) atoms. The van der Waals surface area contributed by atoms with Gasteiger partial charge in [-0.25, -0.2) is 13.4 Å². The highest BCUT2D eigenvalue weighted by atomic mass is 32.2. The number of methoxy groups -OCH3 is 1. The molecule has 0 spiro atoms. The molecular weight excluding hydrogens is 306 g/mol. The summed E-state index contributed by atoms with van der Waals surface area (Å²) in [7, 11) is -0.345. The van der Waals surface area contributed by atoms with E-state index in [0.29, 0.717) is 12.1 Å². The third-order valence-electron chi connectivity index (χ3n) is 3.44. The number of likely N-dealkylation sites (N-methyl/N-ethyl adjacent to an activating group) is 1. The number of ether oxygens (including phenoxy) is 1. The Kier molecular flexibility index (Phi) is 4.52. The van der Waals surface area contributed by atoms with E-state index in [0.717, 1.165) is 6.26 Å². The molecule has 1 atom stereocenters. The van der Waals surface area contributed by atoms with Gasteiger partial charge in [-0.05, 0) is 19.1 Å². The van der Waals surface area contributed by atoms with Crippen molar-refractivity contribution in [3.05, 3.63) is 30.1 Å². The first-order valence-corrected chi connectivity index (χ1v) is 8.59. The van der Waals surface area contributed by atoms with Gasteiger partial charge in [0.1, 0.15) is 0 Å². The van der Waals surface area contributed by atoms with E-state index in [1.807, 2.05) is 6.92 Å². The molecule has 1 amide bonds. The number of pyridine rings is 1. The van der Waals surface area contributed by atoms with E-state index in [-0.39, 0.29) is 22.8 Å². The highest BCUT2D eigenvalue weighted by Crippen LogP contribution is 2.18. The van der Waals surface area contributed by atoms with Crippen molar-refractivity contribution in [1.82, 2.24) is 14.3 Å². The molecule has 0 radical (unpaired) electrons. The molecule has 0 saturated carbocycles. The van der Waals surface area contributed by atoms with Crippen LogP contribution in [0.2, 0.25) is 0 Å². The summed E-state index contributed by atoms with van der Waals surface area (Å²) in [5.41, 5.74) is 0.580. The molecule has 0 saturated heterocycles. The van der Waals surface area contributed by atoms with Crippen molar-refractivity contribution in [1.29, 1.82) is 0 Å². The average molecular weight is 325 g/mol. The van der Waals surface area contributed by atoms with Gasteiger partial charge in [-0.2, -0.15) is 0 Å². The highest BCUT2D eigenvalue weighted by molar-refractivity contribution is 7.90. The van der Waals surface area contributed by atoms with Crippen molar-refractivity contribution in [3.63, 3.8) is 0 Å². The molecule has 2 heterocycles. The molecule has 2 aromatic heterocycles. The van der Waals surface area contributed by atoms with Crippen LogP contribution in [-0.2, 0) is 14.6 Å². The van der Waals surface area contributed by atoms with Gasteiger partial charge in [0.15, 0.2) is 5.69 Å². The van der Waals surface area contributed by atoms with Crippen molar-refractivity contribution >= 4 is 21.3 Å². The first-order chi connectivity index (χ1) is 10.3. The van der Waals surface area contributed by atoms with E-state index < -0.39 is 9.84 Å². The standard InChI is InChI=1S/C14H19N3O4S/c1-10(9-21-3)16(2)13(18)12-11-7-5-6-8-17(11)14(15-12)22(4,19)20/h5-8,10H,9H2,1-4H3/t10-/m0/s1. The number of fused-ring (bicyclic) bond motifs is 1. The number of nitrogens with zero attached hydrogens (tertiary/aromatic N) is 3. The van der Waals surface area contributed by atoms with Crippen LogP contribution >= 0.6 is 0 Å². The quantitative estimate of drug-likeness (QED) is 0.814. The smallest absolute Gasteiger partial charge is 0.274 e. The monoisotopic (exact) mass is 325 g/mol. The van der Waals surface area contributed by atoms with E-state index in [2.05, 4.69) is 4.98 Å². The summed E-state index contributed by atoms with van der Waals surface area (Å²) < 4.78 is 30.2. The molecule has 7 nitrogen and oxygen atoms in total. The molecule has 0 fully saturated rings. The Balaban J connectivity index is 2.55. The van der Waals surface area contributed by atoms with Crippen molar-refractivity contribution < 1.29 is 17.9 Å². The van der Waals surface area contributed by atoms with E-state index in [1.54, 1.807) is 38.6 Å². The van der Waals surface area contributed by atoms with Crippen LogP contribution in [0.25, 0.3) is 5.52 Å². The summed E-state index contributed by atoms with van der Waals surface area (Å²) in [6.07, 6.45) is 2.65. The Bertz CT molecular complexity index is 798. The molecular formula is C14H19N3O4S. The molecule has 2 aromatic rings. The molecule has 0 N–H and O–H groups in total. The zero-order valence-electron chi connectivity index (χ0n) is 13.0. The van der Waals surface area contributed by atoms with Gasteiger partial charge in [-0.3, -0.25) is 9.20 Å². The van der Waals surface area contributed by atoms with Crippen LogP contribution in [-0.4, -0.2) is 61.7 Å². The van der Waals surface area contributed by atoms with Crippen LogP contribution in [0.3, 0.4) is 0 Å². The number of carbonyl (C=O) groups excluding carboxylic acids is 1. The first-order valence-electron chi connectivity index (χ1n) is 6.70. The number of rotatable bonds is 5. The summed E-state index contributed by atoms with van der Waals surface area (Å²) in [5, 5.41) is -0.140. The minimum absolute atomic E-state index is 0.117. The molecule has 0 unspecified atom stereocenters. The van der Waals surface area contributed by atoms with Gasteiger partial charge in [-0.1, -0.05) is 6.07 Å². The van der Waals surface area contributed by atoms with E-state index >= 15 is 0 Å². The lowest BCUT2D eigenvalue weighted by Crippen LogP contribution is -2.38. The van der Waals surface area contributed by atoms with Gasteiger partial charge in [-0.15, -0.1) is 0 Å². The second-order valence-electron chi connectivity index (χ2n) is 5.19. The van der Waals surface area contributed by atoms with Crippen LogP contribution in [0, 0.1) is 0 Å². The molecule has 0 bridgehead atoms. The van der Waals surface area contributed by atoms with Gasteiger partial charge >= 0.3 is 0 Å². The normalized spacial score (nSPS) is 13.3. The third kappa shape index (κ3) is 2.97. The summed E-state index contributed by atoms with van der Waals surface area (Å²) in [6, 6.07) is 4.94. The molecule has 0 aliphatic carbocycles. The van der Waals surface area contributed by atoms with E-state index in [4.69, 9.17) is 4.74 Å². The summed E-state index contributed by atoms with van der Waals surface area (Å²) in [6.45, 7) is 2.23. The second kappa shape index (κ2) is 6.05. The van der Waals surface area contributed by atoms with Crippen LogP contribution in [0.4, 0.5) is 0 Å². The van der Waals surface area contributed by atoms with E-state index in [9.17, 15) is 13.2 Å². The maximum atomic E-state index is 12.6. The first kappa shape index (κ1) is 16.4. The molecule has 0 aliphatic heterocycles. The van der Waals surface area contributed by atoms with Crippen LogP contribution in [0.15, 0.2) is 29.6 Å². The summed E-state index contributed by atoms with van der Waals surface area (Å²) >= 11 is 0. The Labute approximate surface area is 129 Å². The Morgan fingerprint density at radius 3 is 2.73 bits per heavy atom. The number of amides is 1. The Hall–Kier alpha value is -1.93. The van der Waals surface area contributed by atoms with Gasteiger partial charge < -0.3 is 9.64 Å². The van der Waals surface area contributed by atoms with Gasteiger partial charge in [0.2, 0.25) is 15.0 Å². The van der Waals surface area contributed by atoms with Gasteiger partial charge in [0.05, 0.1) is 18.2 Å². The number of sulfone groups is 1. The van der Waals surface area contributed by atoms with Crippen LogP contribution in [0.5, 0.6) is 0 Å². The zero-order chi connectivity index (χ0) is 16.5. The predicted molar refractivity (Wildman–Crippen MR) is 81.7 cm³/mol. The minimum Gasteiger partial charge on any atom is -0.383 e. The molecule has 120 valence electrons. The highest BCUT2D eigenvalue weighted by Gasteiger charge is 2.26. The van der Waals surface area contributed by atoms with Crippen molar-refractivity contribution in [2.75, 3.05) is 27.0 Å². The second-order valence-corrected chi connectivity index (χ2v) is 7.10. The number of aromatic nitrogens is 2. The van der Waals surface area contributed by atoms with Crippen molar-refractivity contribution in [2.24, 2.45) is 0 Å². The van der Waals surface area contributed by atoms with E-state index in [1.165, 1.54) is 9.30 Å². The number of hydrogen-bond donors (Lipinski definition) is 0. The van der Waals surface area contributed by atoms with Crippen molar-refractivity contribution in [2.45, 2.75) is 18.1 Å². The third-order valence-corrected chi connectivity index (χ3v) is 4.39. The van der Waals surface area contributed by atoms with Crippen molar-refractivity contribution in [3.8, 4) is 0 Å². The molecule has 0 aromatic carbocycles. The maximum absolute atomic E-state index is 12.6. The maximum Gasteiger partial charge on any atom is 0.274 e. The largest absolute Gasteiger partial charge is 0.383 e. The lowest BCUT2D eigenvalue weighted by Gasteiger charge is -2.23. The lowest BCUT2D eigenvalue weighted by molar-refractivity contribution is 0.0630. The summed E-state index contributed by atoms with van der Waals surface area (Å²) in [4.78, 5) is 18.2. The zero-order valence-corrected chi connectivity index (χ0v) is 13.8. The summed E-state index contributed by atoms with van der Waals surface area (Å²) in [5.74, 6) is -0.344. The number of carbonyl (C=O) groups is 1. The topological polar surface area (TPSA) is 81.0 Å². The number of imidazole rings is 1. The fourth-order valence-corrected chi connectivity index (χ4v) is 2.92. The molecule has 0 aliphatic rings. The fraction of sp³-hybridized carbons (Fsp3) is 0.429. The lowest BCUT2D eigenvalue weighted by atomic mass is 10.2. The Morgan fingerprint density at radius 2 is 2.14 bits per heavy atom. The van der Waals surface area contributed by atoms with Gasteiger partial charge in [0.25, 0.3) is 5.91 Å². The predicted octanol–water partition coefficient (Wildman–Crippen LogP) is 0.845. The Morgan fingerprint density at radius 1 is 1.45 bits per heavy atom. The fourth-order valence-electron chi connectivity index (χ4n) is 2.15. The SMILES string of the molecule is COC[C@H](C)N(C)C(=O)c1nc(S(C)(=O)=O)n2ccccc12. The minimum atomic E-state index is -3.54. The number of hydrogen-bond acceptors (Lipinski definition) is 5. The molecule has 2 rings (SSSR count). The molecule has 8 heteroatoms. The average Bonchev–Trinajstić information content (AvgIpc) is 2.85. The van der Waals surface area contributed by atoms with Crippen LogP contribution < -0.4 is 0 Å². The van der Waals surface area contributed by atoms with Crippen LogP contribution in [0.1, 0.15) is 17.4 Å². The van der Waals surface area contributed by atoms with Gasteiger partial charge in [0, 0.05) is 26.6 Å².